The van der Waals surface area contributed by atoms with Gasteiger partial charge in [-0.1, -0.05) is 29.0 Å². The Bertz CT molecular complexity index is 517. The van der Waals surface area contributed by atoms with E-state index in [2.05, 4.69) is 43.4 Å². The van der Waals surface area contributed by atoms with E-state index in [1.54, 1.807) is 0 Å². The van der Waals surface area contributed by atoms with E-state index in [-0.39, 0.29) is 14.0 Å². The average Bonchev–Trinajstić information content (AvgIpc) is 2.61. The molecule has 1 N–H and O–H groups in total. The van der Waals surface area contributed by atoms with Crippen molar-refractivity contribution in [1.29, 1.82) is 0 Å². The minimum absolute atomic E-state index is 0.0528. The normalized spacial score (nSPS) is 26.0. The molecule has 0 bridgehead atoms. The highest BCUT2D eigenvalue weighted by atomic mass is 33.3. The minimum atomic E-state index is -0.0577. The molecule has 0 fully saturated rings. The molecular formula is C12H13NS3. The van der Waals surface area contributed by atoms with Gasteiger partial charge < -0.3 is 5.32 Å². The molecule has 0 aliphatic carbocycles. The summed E-state index contributed by atoms with van der Waals surface area (Å²) in [5.41, 5.74) is 4.10. The molecule has 0 saturated heterocycles. The van der Waals surface area contributed by atoms with Crippen LogP contribution >= 0.6 is 10.8 Å². The molecule has 1 nitrogen and oxygen atoms in total. The molecule has 2 heterocycles. The van der Waals surface area contributed by atoms with Crippen LogP contribution in [-0.2, 0) is 19.7 Å². The number of hydrogen-bond donors (Lipinski definition) is 1. The van der Waals surface area contributed by atoms with Crippen LogP contribution in [0.1, 0.15) is 19.4 Å². The Morgan fingerprint density at radius 1 is 1.38 bits per heavy atom. The maximum absolute atomic E-state index is 5.58. The summed E-state index contributed by atoms with van der Waals surface area (Å²) in [4.78, 5) is 1.42. The fraction of sp³-hybridized carbons (Fsp3) is 0.333. The molecule has 0 saturated carbocycles. The zero-order chi connectivity index (χ0) is 11.3. The molecule has 0 spiro atoms. The molecule has 84 valence electrons. The van der Waals surface area contributed by atoms with Gasteiger partial charge in [-0.15, -0.1) is 0 Å². The van der Waals surface area contributed by atoms with E-state index >= 15 is 0 Å². The van der Waals surface area contributed by atoms with Gasteiger partial charge in [-0.05, 0) is 45.2 Å². The van der Waals surface area contributed by atoms with E-state index in [9.17, 15) is 0 Å². The number of nitrogens with one attached hydrogen (secondary N) is 1. The van der Waals surface area contributed by atoms with Crippen LogP contribution in [0.5, 0.6) is 0 Å². The monoisotopic (exact) mass is 267 g/mol. The SMILES string of the molecule is CC1(C)Nc2ccccc2C2=C1CSS2=S. The second-order valence-corrected chi connectivity index (χ2v) is 9.34. The van der Waals surface area contributed by atoms with Crippen molar-refractivity contribution in [2.45, 2.75) is 19.4 Å². The Morgan fingerprint density at radius 2 is 2.12 bits per heavy atom. The van der Waals surface area contributed by atoms with Crippen molar-refractivity contribution in [3.63, 3.8) is 0 Å². The maximum atomic E-state index is 5.58. The van der Waals surface area contributed by atoms with Gasteiger partial charge in [0, 0.05) is 21.9 Å². The summed E-state index contributed by atoms with van der Waals surface area (Å²) in [6.45, 7) is 4.49. The minimum Gasteiger partial charge on any atom is -0.376 e. The predicted molar refractivity (Wildman–Crippen MR) is 78.3 cm³/mol. The number of fused-ring (bicyclic) bond motifs is 2. The molecule has 16 heavy (non-hydrogen) atoms. The lowest BCUT2D eigenvalue weighted by Crippen LogP contribution is -2.37. The molecule has 1 aromatic carbocycles. The Hall–Kier alpha value is -0.320. The van der Waals surface area contributed by atoms with E-state index in [0.717, 1.165) is 5.75 Å². The third-order valence-corrected chi connectivity index (χ3v) is 7.41. The van der Waals surface area contributed by atoms with Gasteiger partial charge in [-0.3, -0.25) is 0 Å². The quantitative estimate of drug-likeness (QED) is 0.724. The van der Waals surface area contributed by atoms with Crippen LogP contribution in [0, 0.1) is 0 Å². The van der Waals surface area contributed by atoms with Crippen molar-refractivity contribution >= 4 is 41.1 Å². The lowest BCUT2D eigenvalue weighted by atomic mass is 9.88. The first-order valence-electron chi connectivity index (χ1n) is 5.26. The van der Waals surface area contributed by atoms with Gasteiger partial charge in [0.15, 0.2) is 0 Å². The standard InChI is InChI=1S/C12H13NS3/c1-12(2)9-7-15-16(14)11(9)8-5-3-4-6-10(8)13-12/h3-6,13H,7H2,1-2H3. The first-order valence-corrected chi connectivity index (χ1v) is 8.91. The Labute approximate surface area is 107 Å². The first-order chi connectivity index (χ1) is 7.59. The Balaban J connectivity index is 2.29. The molecule has 0 radical (unpaired) electrons. The van der Waals surface area contributed by atoms with Crippen molar-refractivity contribution in [3.05, 3.63) is 35.4 Å². The highest BCUT2D eigenvalue weighted by Gasteiger charge is 2.37. The van der Waals surface area contributed by atoms with Gasteiger partial charge in [0.1, 0.15) is 0 Å². The molecule has 0 aromatic heterocycles. The first kappa shape index (κ1) is 10.8. The number of anilines is 1. The van der Waals surface area contributed by atoms with Gasteiger partial charge in [0.05, 0.1) is 5.54 Å². The van der Waals surface area contributed by atoms with E-state index in [1.165, 1.54) is 21.7 Å². The highest BCUT2D eigenvalue weighted by Crippen LogP contribution is 2.48. The smallest absolute Gasteiger partial charge is 0.0552 e. The molecule has 4 heteroatoms. The van der Waals surface area contributed by atoms with Crippen molar-refractivity contribution < 1.29 is 0 Å². The van der Waals surface area contributed by atoms with Crippen LogP contribution < -0.4 is 5.32 Å². The van der Waals surface area contributed by atoms with E-state index in [4.69, 9.17) is 11.2 Å². The van der Waals surface area contributed by atoms with Crippen molar-refractivity contribution in [3.8, 4) is 0 Å². The van der Waals surface area contributed by atoms with Crippen LogP contribution in [0.4, 0.5) is 5.69 Å². The van der Waals surface area contributed by atoms with E-state index in [1.807, 2.05) is 10.8 Å². The summed E-state index contributed by atoms with van der Waals surface area (Å²) in [5, 5.41) is 3.62. The van der Waals surface area contributed by atoms with Gasteiger partial charge in [0.2, 0.25) is 0 Å². The molecule has 1 unspecified atom stereocenters. The van der Waals surface area contributed by atoms with Crippen LogP contribution in [-0.4, -0.2) is 11.3 Å². The second-order valence-electron chi connectivity index (χ2n) is 4.60. The summed E-state index contributed by atoms with van der Waals surface area (Å²) in [5.74, 6) is 1.08. The Kier molecular flexibility index (Phi) is 2.42. The number of rotatable bonds is 0. The van der Waals surface area contributed by atoms with Gasteiger partial charge in [-0.25, -0.2) is 0 Å². The van der Waals surface area contributed by atoms with E-state index in [0.29, 0.717) is 0 Å². The molecule has 2 aliphatic rings. The fourth-order valence-electron chi connectivity index (χ4n) is 2.26. The number of benzene rings is 1. The van der Waals surface area contributed by atoms with Crippen molar-refractivity contribution in [1.82, 2.24) is 0 Å². The third kappa shape index (κ3) is 1.47. The summed E-state index contributed by atoms with van der Waals surface area (Å²) in [6.07, 6.45) is 0. The number of hydrogen-bond acceptors (Lipinski definition) is 3. The predicted octanol–water partition coefficient (Wildman–Crippen LogP) is 3.34. The van der Waals surface area contributed by atoms with Crippen LogP contribution in [0.25, 0.3) is 4.91 Å². The summed E-state index contributed by atoms with van der Waals surface area (Å²) < 4.78 is 0. The molecule has 0 amide bonds. The van der Waals surface area contributed by atoms with Gasteiger partial charge >= 0.3 is 0 Å². The summed E-state index contributed by atoms with van der Waals surface area (Å²) in [6, 6.07) is 8.51. The van der Waals surface area contributed by atoms with Crippen molar-refractivity contribution in [2.24, 2.45) is 0 Å². The lowest BCUT2D eigenvalue weighted by molar-refractivity contribution is 0.667. The molecule has 3 rings (SSSR count). The largest absolute Gasteiger partial charge is 0.376 e. The van der Waals surface area contributed by atoms with Crippen LogP contribution in [0.3, 0.4) is 0 Å². The zero-order valence-corrected chi connectivity index (χ0v) is 11.7. The van der Waals surface area contributed by atoms with Crippen LogP contribution in [0.15, 0.2) is 29.8 Å². The number of para-hydroxylation sites is 1. The molecular weight excluding hydrogens is 254 g/mol. The summed E-state index contributed by atoms with van der Waals surface area (Å²) >= 11 is 5.58. The fourth-order valence-corrected chi connectivity index (χ4v) is 6.69. The topological polar surface area (TPSA) is 12.0 Å². The van der Waals surface area contributed by atoms with Crippen molar-refractivity contribution in [2.75, 3.05) is 11.1 Å². The molecule has 1 aromatic rings. The van der Waals surface area contributed by atoms with Crippen LogP contribution in [0.2, 0.25) is 0 Å². The van der Waals surface area contributed by atoms with Gasteiger partial charge in [-0.2, -0.15) is 0 Å². The van der Waals surface area contributed by atoms with Gasteiger partial charge in [0.25, 0.3) is 0 Å². The molecule has 2 aliphatic heterocycles. The average molecular weight is 267 g/mol. The summed E-state index contributed by atoms with van der Waals surface area (Å²) in [7, 11) is 1.84. The third-order valence-electron chi connectivity index (χ3n) is 3.12. The highest BCUT2D eigenvalue weighted by molar-refractivity contribution is 8.86. The molecule has 1 atom stereocenters. The van der Waals surface area contributed by atoms with E-state index < -0.39 is 0 Å². The Morgan fingerprint density at radius 3 is 2.94 bits per heavy atom. The maximum Gasteiger partial charge on any atom is 0.0552 e. The lowest BCUT2D eigenvalue weighted by Gasteiger charge is -2.35. The zero-order valence-electron chi connectivity index (χ0n) is 9.24. The second kappa shape index (κ2) is 3.59.